The molecular weight excluding hydrogens is 313 g/mol. The average Bonchev–Trinajstić information content (AvgIpc) is 2.42. The summed E-state index contributed by atoms with van der Waals surface area (Å²) in [4.78, 5) is 0. The van der Waals surface area contributed by atoms with Gasteiger partial charge in [0.1, 0.15) is 0 Å². The quantitative estimate of drug-likeness (QED) is 0.526. The second-order valence-corrected chi connectivity index (χ2v) is 11.1. The minimum atomic E-state index is -4.25. The Morgan fingerprint density at radius 1 is 1.05 bits per heavy atom. The molecule has 0 spiro atoms. The second kappa shape index (κ2) is 7.50. The lowest BCUT2D eigenvalue weighted by molar-refractivity contribution is -0.0803. The van der Waals surface area contributed by atoms with Crippen LogP contribution in [0.15, 0.2) is 35.5 Å². The summed E-state index contributed by atoms with van der Waals surface area (Å²) < 4.78 is 38.8. The van der Waals surface area contributed by atoms with Crippen molar-refractivity contribution in [2.45, 2.75) is 51.5 Å². The molecule has 0 amide bonds. The number of halogens is 4. The first-order valence-corrected chi connectivity index (χ1v) is 10.3. The molecular formula is C16H22ClF3Si. The molecule has 1 aromatic rings. The maximum atomic E-state index is 12.9. The van der Waals surface area contributed by atoms with E-state index in [1.54, 1.807) is 12.1 Å². The van der Waals surface area contributed by atoms with Crippen LogP contribution in [0.1, 0.15) is 26.3 Å². The van der Waals surface area contributed by atoms with Gasteiger partial charge in [-0.1, -0.05) is 67.8 Å². The zero-order valence-electron chi connectivity index (χ0n) is 12.7. The minimum Gasteiger partial charge on any atom is -0.167 e. The fraction of sp³-hybridized carbons (Fsp3) is 0.500. The molecule has 0 unspecified atom stereocenters. The number of alkyl halides is 3. The Morgan fingerprint density at radius 3 is 1.90 bits per heavy atom. The van der Waals surface area contributed by atoms with Gasteiger partial charge in [-0.2, -0.15) is 13.2 Å². The molecule has 0 bridgehead atoms. The van der Waals surface area contributed by atoms with Crippen LogP contribution in [0.4, 0.5) is 13.2 Å². The average molecular weight is 335 g/mol. The van der Waals surface area contributed by atoms with E-state index in [2.05, 4.69) is 0 Å². The molecule has 0 fully saturated rings. The Balaban J connectivity index is 3.20. The highest BCUT2D eigenvalue weighted by Crippen LogP contribution is 2.34. The molecule has 0 radical (unpaired) electrons. The number of benzene rings is 1. The molecule has 118 valence electrons. The van der Waals surface area contributed by atoms with E-state index in [9.17, 15) is 13.2 Å². The van der Waals surface area contributed by atoms with Crippen LogP contribution < -0.4 is 0 Å². The number of allylic oxidation sites excluding steroid dienone is 2. The van der Waals surface area contributed by atoms with E-state index < -0.39 is 14.3 Å². The smallest absolute Gasteiger partial charge is 0.167 e. The molecule has 0 heterocycles. The second-order valence-electron chi connectivity index (χ2n) is 5.36. The molecule has 0 saturated heterocycles. The van der Waals surface area contributed by atoms with Gasteiger partial charge in [0.05, 0.1) is 8.07 Å². The SMILES string of the molecule is CC[Si](CC)(CC)/C(=C/C(F)(F)F)Cc1ccc(Cl)cc1. The first-order valence-electron chi connectivity index (χ1n) is 7.29. The third-order valence-corrected chi connectivity index (χ3v) is 10.4. The lowest BCUT2D eigenvalue weighted by atomic mass is 10.1. The van der Waals surface area contributed by atoms with Gasteiger partial charge in [-0.3, -0.25) is 0 Å². The maximum Gasteiger partial charge on any atom is 0.409 e. The third-order valence-electron chi connectivity index (χ3n) is 4.36. The topological polar surface area (TPSA) is 0 Å². The number of hydrogen-bond acceptors (Lipinski definition) is 0. The normalized spacial score (nSPS) is 13.6. The van der Waals surface area contributed by atoms with Crippen LogP contribution in [0.25, 0.3) is 0 Å². The summed E-state index contributed by atoms with van der Waals surface area (Å²) in [5.74, 6) is 0. The van der Waals surface area contributed by atoms with E-state index in [0.29, 0.717) is 22.7 Å². The van der Waals surface area contributed by atoms with E-state index in [-0.39, 0.29) is 0 Å². The molecule has 0 aliphatic carbocycles. The van der Waals surface area contributed by atoms with Crippen LogP contribution in [0, 0.1) is 0 Å². The standard InChI is InChI=1S/C16H22ClF3Si/c1-4-21(5-2,6-3)15(12-16(18,19)20)11-13-7-9-14(17)10-8-13/h7-10,12H,4-6,11H2,1-3H3/b15-12+. The lowest BCUT2D eigenvalue weighted by Crippen LogP contribution is -2.36. The van der Waals surface area contributed by atoms with Crippen molar-refractivity contribution in [3.05, 3.63) is 46.1 Å². The zero-order valence-corrected chi connectivity index (χ0v) is 14.5. The summed E-state index contributed by atoms with van der Waals surface area (Å²) in [6.45, 7) is 6.06. The minimum absolute atomic E-state index is 0.373. The van der Waals surface area contributed by atoms with Crippen LogP contribution in [0.5, 0.6) is 0 Å². The maximum absolute atomic E-state index is 12.9. The zero-order chi connectivity index (χ0) is 16.1. The Hall–Kier alpha value is -0.743. The molecule has 0 atom stereocenters. The highest BCUT2D eigenvalue weighted by Gasteiger charge is 2.35. The molecule has 0 aliphatic heterocycles. The van der Waals surface area contributed by atoms with E-state index >= 15 is 0 Å². The highest BCUT2D eigenvalue weighted by atomic mass is 35.5. The van der Waals surface area contributed by atoms with Crippen molar-refractivity contribution in [3.8, 4) is 0 Å². The van der Waals surface area contributed by atoms with Gasteiger partial charge in [0.25, 0.3) is 0 Å². The van der Waals surface area contributed by atoms with Gasteiger partial charge in [-0.15, -0.1) is 0 Å². The molecule has 21 heavy (non-hydrogen) atoms. The van der Waals surface area contributed by atoms with Crippen molar-refractivity contribution < 1.29 is 13.2 Å². The molecule has 0 aromatic heterocycles. The Kier molecular flexibility index (Phi) is 6.54. The van der Waals surface area contributed by atoms with Crippen molar-refractivity contribution >= 4 is 19.7 Å². The fourth-order valence-electron chi connectivity index (χ4n) is 2.84. The molecule has 0 aliphatic rings. The fourth-order valence-corrected chi connectivity index (χ4v) is 6.88. The van der Waals surface area contributed by atoms with Crippen molar-refractivity contribution in [2.24, 2.45) is 0 Å². The Labute approximate surface area is 131 Å². The van der Waals surface area contributed by atoms with Gasteiger partial charge in [0, 0.05) is 11.1 Å². The van der Waals surface area contributed by atoms with Crippen LogP contribution >= 0.6 is 11.6 Å². The third kappa shape index (κ3) is 5.18. The van der Waals surface area contributed by atoms with Crippen LogP contribution in [0.3, 0.4) is 0 Å². The highest BCUT2D eigenvalue weighted by molar-refractivity contribution is 6.86. The summed E-state index contributed by atoms with van der Waals surface area (Å²) in [7, 11) is -2.04. The monoisotopic (exact) mass is 334 g/mol. The number of rotatable bonds is 6. The van der Waals surface area contributed by atoms with E-state index in [1.165, 1.54) is 0 Å². The van der Waals surface area contributed by atoms with Gasteiger partial charge < -0.3 is 0 Å². The molecule has 5 heteroatoms. The van der Waals surface area contributed by atoms with Crippen LogP contribution in [0.2, 0.25) is 23.2 Å². The van der Waals surface area contributed by atoms with E-state index in [1.807, 2.05) is 32.9 Å². The van der Waals surface area contributed by atoms with Crippen molar-refractivity contribution in [2.75, 3.05) is 0 Å². The summed E-state index contributed by atoms with van der Waals surface area (Å²) in [6.07, 6.45) is -3.32. The molecule has 0 N–H and O–H groups in total. The van der Waals surface area contributed by atoms with Crippen molar-refractivity contribution in [3.63, 3.8) is 0 Å². The van der Waals surface area contributed by atoms with Gasteiger partial charge in [0.15, 0.2) is 0 Å². The molecule has 1 rings (SSSR count). The van der Waals surface area contributed by atoms with Crippen LogP contribution in [-0.4, -0.2) is 14.3 Å². The molecule has 0 saturated carbocycles. The van der Waals surface area contributed by atoms with Gasteiger partial charge in [0.2, 0.25) is 0 Å². The molecule has 0 nitrogen and oxygen atoms in total. The predicted molar refractivity (Wildman–Crippen MR) is 86.5 cm³/mol. The summed E-state index contributed by atoms with van der Waals surface area (Å²) >= 11 is 5.84. The van der Waals surface area contributed by atoms with Crippen molar-refractivity contribution in [1.29, 1.82) is 0 Å². The predicted octanol–water partition coefficient (Wildman–Crippen LogP) is 6.42. The Bertz CT molecular complexity index is 465. The summed E-state index contributed by atoms with van der Waals surface area (Å²) in [5, 5.41) is 1.20. The van der Waals surface area contributed by atoms with E-state index in [4.69, 9.17) is 11.6 Å². The lowest BCUT2D eigenvalue weighted by Gasteiger charge is -2.32. The summed E-state index contributed by atoms with van der Waals surface area (Å²) in [5.41, 5.74) is 0.891. The number of hydrogen-bond donors (Lipinski definition) is 0. The first kappa shape index (κ1) is 18.3. The summed E-state index contributed by atoms with van der Waals surface area (Å²) in [6, 6.07) is 9.62. The van der Waals surface area contributed by atoms with Gasteiger partial charge >= 0.3 is 6.18 Å². The van der Waals surface area contributed by atoms with Crippen molar-refractivity contribution in [1.82, 2.24) is 0 Å². The first-order chi connectivity index (χ1) is 9.76. The largest absolute Gasteiger partial charge is 0.409 e. The van der Waals surface area contributed by atoms with Gasteiger partial charge in [-0.05, 0) is 24.1 Å². The Morgan fingerprint density at radius 2 is 1.52 bits per heavy atom. The molecule has 1 aromatic carbocycles. The van der Waals surface area contributed by atoms with Gasteiger partial charge in [-0.25, -0.2) is 0 Å². The van der Waals surface area contributed by atoms with E-state index in [0.717, 1.165) is 23.7 Å². The van der Waals surface area contributed by atoms with Crippen LogP contribution in [-0.2, 0) is 6.42 Å².